The van der Waals surface area contributed by atoms with E-state index in [1.807, 2.05) is 0 Å². The lowest BCUT2D eigenvalue weighted by Crippen LogP contribution is -2.49. The van der Waals surface area contributed by atoms with E-state index in [1.54, 1.807) is 0 Å². The van der Waals surface area contributed by atoms with Crippen LogP contribution in [-0.2, 0) is 27.0 Å². The first-order valence-electron chi connectivity index (χ1n) is 10.4. The maximum Gasteiger partial charge on any atom is 0.417 e. The van der Waals surface area contributed by atoms with Gasteiger partial charge in [0.2, 0.25) is 5.88 Å². The summed E-state index contributed by atoms with van der Waals surface area (Å²) in [5.41, 5.74) is -2.00. The Labute approximate surface area is 196 Å². The number of halogens is 6. The highest BCUT2D eigenvalue weighted by atomic mass is 32.2. The number of ether oxygens (including phenoxy) is 1. The molecule has 1 aromatic carbocycles. The summed E-state index contributed by atoms with van der Waals surface area (Å²) in [5.74, 6) is -0.780. The van der Waals surface area contributed by atoms with Gasteiger partial charge in [0.1, 0.15) is 5.37 Å². The van der Waals surface area contributed by atoms with Crippen LogP contribution in [0, 0.1) is 0 Å². The highest BCUT2D eigenvalue weighted by Gasteiger charge is 2.50. The minimum Gasteiger partial charge on any atom is -0.464 e. The molecule has 1 amide bonds. The molecule has 2 saturated heterocycles. The van der Waals surface area contributed by atoms with E-state index in [2.05, 4.69) is 10.3 Å². The Hall–Kier alpha value is -2.87. The van der Waals surface area contributed by atoms with E-state index >= 15 is 0 Å². The van der Waals surface area contributed by atoms with E-state index in [9.17, 15) is 39.6 Å². The van der Waals surface area contributed by atoms with Crippen LogP contribution in [0.2, 0.25) is 0 Å². The van der Waals surface area contributed by atoms with E-state index in [-0.39, 0.29) is 30.3 Å². The first-order chi connectivity index (χ1) is 16.3. The molecular formula is C21H19F6N3O4S. The predicted octanol–water partition coefficient (Wildman–Crippen LogP) is 3.26. The number of nitrogens with one attached hydrogen (secondary N) is 1. The number of aromatic nitrogens is 1. The van der Waals surface area contributed by atoms with Gasteiger partial charge in [-0.2, -0.15) is 26.3 Å². The maximum atomic E-state index is 13.3. The zero-order valence-electron chi connectivity index (χ0n) is 17.8. The lowest BCUT2D eigenvalue weighted by molar-refractivity contribution is -0.138. The van der Waals surface area contributed by atoms with Crippen LogP contribution in [0.25, 0.3) is 0 Å². The van der Waals surface area contributed by atoms with Crippen molar-refractivity contribution in [2.45, 2.75) is 47.6 Å². The van der Waals surface area contributed by atoms with Gasteiger partial charge in [-0.15, -0.1) is 0 Å². The third-order valence-corrected chi connectivity index (χ3v) is 7.94. The van der Waals surface area contributed by atoms with Crippen LogP contribution in [0.3, 0.4) is 0 Å². The van der Waals surface area contributed by atoms with Gasteiger partial charge in [-0.3, -0.25) is 10.1 Å². The summed E-state index contributed by atoms with van der Waals surface area (Å²) in [6, 6.07) is 3.88. The number of amides is 1. The number of rotatable bonds is 4. The van der Waals surface area contributed by atoms with Crippen molar-refractivity contribution < 1.29 is 44.3 Å². The second kappa shape index (κ2) is 8.97. The fourth-order valence-electron chi connectivity index (χ4n) is 4.15. The number of sulfone groups is 1. The smallest absolute Gasteiger partial charge is 0.417 e. The molecule has 2 aliphatic rings. The Bertz CT molecular complexity index is 1180. The summed E-state index contributed by atoms with van der Waals surface area (Å²) in [4.78, 5) is 17.5. The van der Waals surface area contributed by atoms with Crippen LogP contribution in [0.15, 0.2) is 47.5 Å². The molecular weight excluding hydrogens is 504 g/mol. The molecule has 0 aliphatic carbocycles. The number of nitrogens with zero attached hydrogens (tertiary/aromatic N) is 2. The van der Waals surface area contributed by atoms with Crippen molar-refractivity contribution in [2.24, 2.45) is 0 Å². The highest BCUT2D eigenvalue weighted by Crippen LogP contribution is 2.34. The van der Waals surface area contributed by atoms with Gasteiger partial charge in [0.15, 0.2) is 15.9 Å². The van der Waals surface area contributed by atoms with Gasteiger partial charge in [-0.1, -0.05) is 0 Å². The minimum absolute atomic E-state index is 0.112. The number of hydrogen-bond donors (Lipinski definition) is 1. The van der Waals surface area contributed by atoms with Gasteiger partial charge >= 0.3 is 12.4 Å². The topological polar surface area (TPSA) is 88.6 Å². The molecule has 4 rings (SSSR count). The first kappa shape index (κ1) is 25.2. The Balaban J connectivity index is 1.56. The zero-order valence-corrected chi connectivity index (χ0v) is 18.6. The molecule has 3 unspecified atom stereocenters. The normalized spacial score (nSPS) is 23.7. The number of benzene rings is 1. The fraction of sp³-hybridized carbons (Fsp3) is 0.429. The van der Waals surface area contributed by atoms with E-state index < -0.39 is 56.7 Å². The number of carbonyl (C=O) groups is 1. The van der Waals surface area contributed by atoms with Crippen molar-refractivity contribution in [3.05, 3.63) is 53.7 Å². The van der Waals surface area contributed by atoms with Crippen LogP contribution in [0.4, 0.5) is 26.3 Å². The molecule has 2 aliphatic heterocycles. The first-order valence-corrected chi connectivity index (χ1v) is 12.0. The van der Waals surface area contributed by atoms with E-state index in [1.165, 1.54) is 4.90 Å². The number of pyridine rings is 1. The zero-order chi connectivity index (χ0) is 25.6. The van der Waals surface area contributed by atoms with Crippen LogP contribution < -0.4 is 10.1 Å². The molecule has 35 heavy (non-hydrogen) atoms. The standard InChI is InChI=1S/C21H19F6N3O4S/c22-20(23,24)12-2-5-14(6-3-12)35(32,33)18-15-10-16(19(31)30(15)9-1-8-28-18)34-17-7-4-13(11-29-17)21(25,26)27/h2-7,11,15-16,18,28H,1,8-10H2. The van der Waals surface area contributed by atoms with Crippen molar-refractivity contribution >= 4 is 15.7 Å². The molecule has 0 saturated carbocycles. The van der Waals surface area contributed by atoms with E-state index in [0.29, 0.717) is 24.8 Å². The van der Waals surface area contributed by atoms with Crippen molar-refractivity contribution in [3.8, 4) is 5.88 Å². The molecule has 0 bridgehead atoms. The molecule has 3 heterocycles. The highest BCUT2D eigenvalue weighted by molar-refractivity contribution is 7.92. The molecule has 2 fully saturated rings. The van der Waals surface area contributed by atoms with Crippen LogP contribution >= 0.6 is 0 Å². The summed E-state index contributed by atoms with van der Waals surface area (Å²) < 4.78 is 109. The molecule has 14 heteroatoms. The molecule has 3 atom stereocenters. The third-order valence-electron chi connectivity index (χ3n) is 5.86. The van der Waals surface area contributed by atoms with Gasteiger partial charge < -0.3 is 9.64 Å². The Morgan fingerprint density at radius 3 is 2.17 bits per heavy atom. The number of carbonyl (C=O) groups excluding carboxylic acids is 1. The minimum atomic E-state index is -4.63. The third kappa shape index (κ3) is 5.08. The lowest BCUT2D eigenvalue weighted by Gasteiger charge is -2.28. The summed E-state index contributed by atoms with van der Waals surface area (Å²) in [7, 11) is -4.21. The van der Waals surface area contributed by atoms with Gasteiger partial charge in [-0.05, 0) is 43.3 Å². The SMILES string of the molecule is O=C1C(Oc2ccc(C(F)(F)F)cn2)CC2C(S(=O)(=O)c3ccc(C(F)(F)F)cc3)NCCCN12. The summed E-state index contributed by atoms with van der Waals surface area (Å²) in [6.45, 7) is 0.451. The molecule has 1 aromatic heterocycles. The molecule has 1 N–H and O–H groups in total. The van der Waals surface area contributed by atoms with Crippen molar-refractivity contribution in [1.82, 2.24) is 15.2 Å². The van der Waals surface area contributed by atoms with Crippen molar-refractivity contribution in [1.29, 1.82) is 0 Å². The Morgan fingerprint density at radius 2 is 1.60 bits per heavy atom. The second-order valence-corrected chi connectivity index (χ2v) is 10.2. The van der Waals surface area contributed by atoms with E-state index in [4.69, 9.17) is 4.74 Å². The Kier molecular flexibility index (Phi) is 6.47. The summed E-state index contributed by atoms with van der Waals surface area (Å²) in [5, 5.41) is 1.55. The van der Waals surface area contributed by atoms with Crippen molar-refractivity contribution in [2.75, 3.05) is 13.1 Å². The average molecular weight is 523 g/mol. The Morgan fingerprint density at radius 1 is 0.971 bits per heavy atom. The summed E-state index contributed by atoms with van der Waals surface area (Å²) in [6.07, 6.45) is -9.56. The second-order valence-electron chi connectivity index (χ2n) is 8.12. The maximum absolute atomic E-state index is 13.3. The fourth-order valence-corrected chi connectivity index (χ4v) is 5.96. The molecule has 190 valence electrons. The lowest BCUT2D eigenvalue weighted by atomic mass is 10.2. The molecule has 2 aromatic rings. The summed E-state index contributed by atoms with van der Waals surface area (Å²) >= 11 is 0. The number of alkyl halides is 6. The molecule has 0 radical (unpaired) electrons. The van der Waals surface area contributed by atoms with Crippen LogP contribution in [0.5, 0.6) is 5.88 Å². The monoisotopic (exact) mass is 523 g/mol. The largest absolute Gasteiger partial charge is 0.464 e. The quantitative estimate of drug-likeness (QED) is 0.620. The number of hydrogen-bond acceptors (Lipinski definition) is 6. The van der Waals surface area contributed by atoms with E-state index in [0.717, 1.165) is 24.3 Å². The average Bonchev–Trinajstić information content (AvgIpc) is 2.95. The predicted molar refractivity (Wildman–Crippen MR) is 109 cm³/mol. The van der Waals surface area contributed by atoms with Gasteiger partial charge in [0.05, 0.1) is 22.1 Å². The van der Waals surface area contributed by atoms with Gasteiger partial charge in [0, 0.05) is 25.2 Å². The molecule has 7 nitrogen and oxygen atoms in total. The van der Waals surface area contributed by atoms with Crippen LogP contribution in [-0.4, -0.2) is 54.8 Å². The number of fused-ring (bicyclic) bond motifs is 1. The van der Waals surface area contributed by atoms with Gasteiger partial charge in [0.25, 0.3) is 5.91 Å². The van der Waals surface area contributed by atoms with Crippen LogP contribution in [0.1, 0.15) is 24.0 Å². The van der Waals surface area contributed by atoms with Crippen molar-refractivity contribution in [3.63, 3.8) is 0 Å². The molecule has 0 spiro atoms. The van der Waals surface area contributed by atoms with Gasteiger partial charge in [-0.25, -0.2) is 13.4 Å².